The number of nitrogens with zero attached hydrogens (tertiary/aromatic N) is 2. The molecule has 22 heavy (non-hydrogen) atoms. The lowest BCUT2D eigenvalue weighted by atomic mass is 9.94. The highest BCUT2D eigenvalue weighted by Gasteiger charge is 2.28. The SMILES string of the molecule is CC(C)C1OCCCC1Nc1ccnc(NCCC(=O)O)n1. The minimum absolute atomic E-state index is 0.0346. The normalized spacial score (nSPS) is 21.6. The van der Waals surface area contributed by atoms with Crippen LogP contribution in [0, 0.1) is 5.92 Å². The molecule has 0 aromatic carbocycles. The molecule has 3 N–H and O–H groups in total. The summed E-state index contributed by atoms with van der Waals surface area (Å²) < 4.78 is 5.86. The average molecular weight is 308 g/mol. The molecule has 1 aliphatic heterocycles. The van der Waals surface area contributed by atoms with Gasteiger partial charge in [-0.3, -0.25) is 4.79 Å². The van der Waals surface area contributed by atoms with E-state index in [1.165, 1.54) is 0 Å². The third kappa shape index (κ3) is 4.84. The molecule has 1 fully saturated rings. The lowest BCUT2D eigenvalue weighted by Gasteiger charge is -2.35. The van der Waals surface area contributed by atoms with Gasteiger partial charge in [0.05, 0.1) is 18.6 Å². The predicted molar refractivity (Wildman–Crippen MR) is 84.0 cm³/mol. The van der Waals surface area contributed by atoms with E-state index in [1.807, 2.05) is 6.07 Å². The Balaban J connectivity index is 1.95. The molecule has 7 heteroatoms. The molecule has 1 aromatic heterocycles. The molecule has 0 radical (unpaired) electrons. The van der Waals surface area contributed by atoms with E-state index in [4.69, 9.17) is 9.84 Å². The van der Waals surface area contributed by atoms with Gasteiger partial charge in [0.1, 0.15) is 5.82 Å². The number of ether oxygens (including phenoxy) is 1. The van der Waals surface area contributed by atoms with Crippen molar-refractivity contribution in [3.05, 3.63) is 12.3 Å². The molecule has 0 bridgehead atoms. The Morgan fingerprint density at radius 2 is 2.36 bits per heavy atom. The van der Waals surface area contributed by atoms with Crippen LogP contribution in [0.5, 0.6) is 0 Å². The smallest absolute Gasteiger partial charge is 0.305 e. The van der Waals surface area contributed by atoms with Crippen molar-refractivity contribution >= 4 is 17.7 Å². The first kappa shape index (κ1) is 16.5. The molecule has 2 heterocycles. The maximum atomic E-state index is 10.5. The van der Waals surface area contributed by atoms with Crippen LogP contribution >= 0.6 is 0 Å². The van der Waals surface area contributed by atoms with Crippen LogP contribution in [-0.2, 0) is 9.53 Å². The first-order valence-electron chi connectivity index (χ1n) is 7.73. The van der Waals surface area contributed by atoms with E-state index in [-0.39, 0.29) is 18.6 Å². The lowest BCUT2D eigenvalue weighted by molar-refractivity contribution is -0.136. The van der Waals surface area contributed by atoms with Gasteiger partial charge >= 0.3 is 5.97 Å². The summed E-state index contributed by atoms with van der Waals surface area (Å²) in [7, 11) is 0. The minimum Gasteiger partial charge on any atom is -0.481 e. The van der Waals surface area contributed by atoms with Crippen LogP contribution < -0.4 is 10.6 Å². The number of nitrogens with one attached hydrogen (secondary N) is 2. The standard InChI is InChI=1S/C15H24N4O3/c1-10(2)14-11(4-3-9-22-14)18-12-5-7-16-15(19-12)17-8-6-13(20)21/h5,7,10-11,14H,3-4,6,8-9H2,1-2H3,(H,20,21)(H2,16,17,18,19). The first-order chi connectivity index (χ1) is 10.6. The maximum Gasteiger partial charge on any atom is 0.305 e. The topological polar surface area (TPSA) is 96.4 Å². The zero-order chi connectivity index (χ0) is 15.9. The molecule has 1 aliphatic rings. The van der Waals surface area contributed by atoms with Gasteiger partial charge in [-0.1, -0.05) is 13.8 Å². The summed E-state index contributed by atoms with van der Waals surface area (Å²) >= 11 is 0. The monoisotopic (exact) mass is 308 g/mol. The van der Waals surface area contributed by atoms with Crippen LogP contribution in [0.4, 0.5) is 11.8 Å². The van der Waals surface area contributed by atoms with Gasteiger partial charge in [0.2, 0.25) is 5.95 Å². The summed E-state index contributed by atoms with van der Waals surface area (Å²) in [6.45, 7) is 5.43. The molecular weight excluding hydrogens is 284 g/mol. The van der Waals surface area contributed by atoms with Crippen molar-refractivity contribution < 1.29 is 14.6 Å². The number of carboxylic acid groups (broad SMARTS) is 1. The molecule has 2 rings (SSSR count). The molecule has 7 nitrogen and oxygen atoms in total. The van der Waals surface area contributed by atoms with Crippen LogP contribution in [0.15, 0.2) is 12.3 Å². The molecule has 0 spiro atoms. The fourth-order valence-corrected chi connectivity index (χ4v) is 2.61. The Labute approximate surface area is 130 Å². The van der Waals surface area contributed by atoms with Gasteiger partial charge < -0.3 is 20.5 Å². The van der Waals surface area contributed by atoms with E-state index in [9.17, 15) is 4.79 Å². The molecule has 2 atom stereocenters. The largest absolute Gasteiger partial charge is 0.481 e. The Bertz CT molecular complexity index is 495. The van der Waals surface area contributed by atoms with E-state index < -0.39 is 5.97 Å². The Morgan fingerprint density at radius 3 is 3.09 bits per heavy atom. The second-order valence-electron chi connectivity index (χ2n) is 5.81. The van der Waals surface area contributed by atoms with E-state index in [0.717, 1.165) is 25.3 Å². The number of aliphatic carboxylic acids is 1. The van der Waals surface area contributed by atoms with Crippen LogP contribution in [-0.4, -0.2) is 46.3 Å². The zero-order valence-electron chi connectivity index (χ0n) is 13.1. The highest BCUT2D eigenvalue weighted by Crippen LogP contribution is 2.23. The van der Waals surface area contributed by atoms with Crippen molar-refractivity contribution in [2.24, 2.45) is 5.92 Å². The van der Waals surface area contributed by atoms with Gasteiger partial charge in [-0.2, -0.15) is 4.98 Å². The van der Waals surface area contributed by atoms with E-state index >= 15 is 0 Å². The van der Waals surface area contributed by atoms with Crippen molar-refractivity contribution in [2.75, 3.05) is 23.8 Å². The van der Waals surface area contributed by atoms with E-state index in [2.05, 4.69) is 34.4 Å². The van der Waals surface area contributed by atoms with Crippen LogP contribution in [0.3, 0.4) is 0 Å². The number of anilines is 2. The molecule has 0 saturated carbocycles. The summed E-state index contributed by atoms with van der Waals surface area (Å²) in [5.74, 6) is 0.756. The minimum atomic E-state index is -0.846. The number of hydrogen-bond acceptors (Lipinski definition) is 6. The number of rotatable bonds is 7. The number of aromatic nitrogens is 2. The first-order valence-corrected chi connectivity index (χ1v) is 7.73. The third-order valence-electron chi connectivity index (χ3n) is 3.63. The molecule has 1 saturated heterocycles. The van der Waals surface area contributed by atoms with Crippen LogP contribution in [0.25, 0.3) is 0 Å². The van der Waals surface area contributed by atoms with E-state index in [1.54, 1.807) is 6.20 Å². The molecule has 122 valence electrons. The molecular formula is C15H24N4O3. The maximum absolute atomic E-state index is 10.5. The number of carbonyl (C=O) groups is 1. The number of carboxylic acids is 1. The van der Waals surface area contributed by atoms with Gasteiger partial charge in [0.15, 0.2) is 0 Å². The van der Waals surface area contributed by atoms with Gasteiger partial charge in [0, 0.05) is 19.3 Å². The summed E-state index contributed by atoms with van der Waals surface area (Å²) in [4.78, 5) is 19.0. The van der Waals surface area contributed by atoms with Crippen molar-refractivity contribution in [1.29, 1.82) is 0 Å². The lowest BCUT2D eigenvalue weighted by Crippen LogP contribution is -2.43. The van der Waals surface area contributed by atoms with Crippen molar-refractivity contribution in [3.8, 4) is 0 Å². The highest BCUT2D eigenvalue weighted by molar-refractivity contribution is 5.67. The second-order valence-corrected chi connectivity index (χ2v) is 5.81. The fraction of sp³-hybridized carbons (Fsp3) is 0.667. The molecule has 1 aromatic rings. The third-order valence-corrected chi connectivity index (χ3v) is 3.63. The van der Waals surface area contributed by atoms with Crippen molar-refractivity contribution in [2.45, 2.75) is 45.3 Å². The summed E-state index contributed by atoms with van der Waals surface area (Å²) in [6, 6.07) is 2.05. The Hall–Kier alpha value is -1.89. The average Bonchev–Trinajstić information content (AvgIpc) is 2.47. The van der Waals surface area contributed by atoms with Crippen LogP contribution in [0.2, 0.25) is 0 Å². The summed E-state index contributed by atoms with van der Waals surface area (Å²) in [5, 5.41) is 15.0. The number of hydrogen-bond donors (Lipinski definition) is 3. The molecule has 0 aliphatic carbocycles. The Kier molecular flexibility index (Phi) is 5.94. The Morgan fingerprint density at radius 1 is 1.55 bits per heavy atom. The van der Waals surface area contributed by atoms with Crippen LogP contribution in [0.1, 0.15) is 33.1 Å². The van der Waals surface area contributed by atoms with Gasteiger partial charge in [0.25, 0.3) is 0 Å². The van der Waals surface area contributed by atoms with Crippen molar-refractivity contribution in [1.82, 2.24) is 9.97 Å². The predicted octanol–water partition coefficient (Wildman–Crippen LogP) is 1.98. The molecule has 0 amide bonds. The summed E-state index contributed by atoms with van der Waals surface area (Å²) in [6.07, 6.45) is 3.95. The van der Waals surface area contributed by atoms with Gasteiger partial charge in [-0.05, 0) is 24.8 Å². The van der Waals surface area contributed by atoms with Gasteiger partial charge in [-0.25, -0.2) is 4.98 Å². The fourth-order valence-electron chi connectivity index (χ4n) is 2.61. The highest BCUT2D eigenvalue weighted by atomic mass is 16.5. The quantitative estimate of drug-likeness (QED) is 0.708. The van der Waals surface area contributed by atoms with E-state index in [0.29, 0.717) is 18.4 Å². The second kappa shape index (κ2) is 7.93. The van der Waals surface area contributed by atoms with Gasteiger partial charge in [-0.15, -0.1) is 0 Å². The molecule has 2 unspecified atom stereocenters. The zero-order valence-corrected chi connectivity index (χ0v) is 13.1. The summed E-state index contributed by atoms with van der Waals surface area (Å²) in [5.41, 5.74) is 0. The van der Waals surface area contributed by atoms with Crippen molar-refractivity contribution in [3.63, 3.8) is 0 Å².